The van der Waals surface area contributed by atoms with Gasteiger partial charge in [0.1, 0.15) is 5.82 Å². The lowest BCUT2D eigenvalue weighted by Crippen LogP contribution is -2.46. The van der Waals surface area contributed by atoms with Crippen molar-refractivity contribution in [3.8, 4) is 0 Å². The minimum Gasteiger partial charge on any atom is -0.391 e. The standard InChI is InChI=1S/C16H25N3O3S/c1-18(2)14-6-11-9-19(10-12(11)7-15(14)20)16-5-4-13(8-17-16)23(3,21)22/h4-5,8,11-12,14-15,20H,6-7,9-10H2,1-3H3/t11-,12+,14-,15-/m1/s1. The Labute approximate surface area is 138 Å². The van der Waals surface area contributed by atoms with E-state index >= 15 is 0 Å². The van der Waals surface area contributed by atoms with Crippen LogP contribution in [0.2, 0.25) is 0 Å². The Morgan fingerprint density at radius 3 is 2.39 bits per heavy atom. The van der Waals surface area contributed by atoms with Crippen molar-refractivity contribution < 1.29 is 13.5 Å². The number of hydrogen-bond acceptors (Lipinski definition) is 6. The van der Waals surface area contributed by atoms with Crippen LogP contribution in [0.15, 0.2) is 23.2 Å². The predicted octanol–water partition coefficient (Wildman–Crippen LogP) is 0.622. The highest BCUT2D eigenvalue weighted by molar-refractivity contribution is 7.90. The van der Waals surface area contributed by atoms with Gasteiger partial charge in [0, 0.05) is 31.6 Å². The topological polar surface area (TPSA) is 73.7 Å². The second-order valence-corrected chi connectivity index (χ2v) is 9.13. The van der Waals surface area contributed by atoms with Crippen molar-refractivity contribution in [2.45, 2.75) is 29.9 Å². The van der Waals surface area contributed by atoms with Gasteiger partial charge in [-0.25, -0.2) is 13.4 Å². The molecule has 0 aromatic carbocycles. The van der Waals surface area contributed by atoms with E-state index in [1.54, 1.807) is 12.1 Å². The minimum absolute atomic E-state index is 0.219. The number of pyridine rings is 1. The number of aromatic nitrogens is 1. The molecule has 0 unspecified atom stereocenters. The molecule has 1 aromatic rings. The highest BCUT2D eigenvalue weighted by Gasteiger charge is 2.42. The molecule has 4 atom stereocenters. The first kappa shape index (κ1) is 16.7. The number of rotatable bonds is 3. The Morgan fingerprint density at radius 1 is 1.22 bits per heavy atom. The van der Waals surface area contributed by atoms with Crippen molar-refractivity contribution in [1.29, 1.82) is 0 Å². The summed E-state index contributed by atoms with van der Waals surface area (Å²) < 4.78 is 23.0. The van der Waals surface area contributed by atoms with Crippen molar-refractivity contribution in [3.63, 3.8) is 0 Å². The normalized spacial score (nSPS) is 31.4. The van der Waals surface area contributed by atoms with Crippen LogP contribution in [-0.4, -0.2) is 69.0 Å². The molecule has 0 bridgehead atoms. The quantitative estimate of drug-likeness (QED) is 0.870. The fourth-order valence-corrected chi connectivity index (χ4v) is 4.49. The van der Waals surface area contributed by atoms with Crippen molar-refractivity contribution in [2.75, 3.05) is 38.3 Å². The van der Waals surface area contributed by atoms with Crippen LogP contribution in [0, 0.1) is 11.8 Å². The van der Waals surface area contributed by atoms with Gasteiger partial charge in [-0.3, -0.25) is 0 Å². The van der Waals surface area contributed by atoms with E-state index in [1.807, 2.05) is 14.1 Å². The molecule has 2 heterocycles. The zero-order chi connectivity index (χ0) is 16.8. The van der Waals surface area contributed by atoms with Gasteiger partial charge in [0.05, 0.1) is 11.0 Å². The summed E-state index contributed by atoms with van der Waals surface area (Å²) in [6, 6.07) is 3.63. The van der Waals surface area contributed by atoms with Crippen LogP contribution in [0.5, 0.6) is 0 Å². The zero-order valence-electron chi connectivity index (χ0n) is 13.9. The summed E-state index contributed by atoms with van der Waals surface area (Å²) >= 11 is 0. The first-order valence-electron chi connectivity index (χ1n) is 8.01. The van der Waals surface area contributed by atoms with Crippen LogP contribution >= 0.6 is 0 Å². The molecular formula is C16H25N3O3S. The fourth-order valence-electron chi connectivity index (χ4n) is 3.93. The third kappa shape index (κ3) is 3.36. The third-order valence-corrected chi connectivity index (χ3v) is 6.34. The molecule has 0 spiro atoms. The Bertz CT molecular complexity index is 660. The van der Waals surface area contributed by atoms with E-state index in [-0.39, 0.29) is 17.0 Å². The number of anilines is 1. The van der Waals surface area contributed by atoms with E-state index in [4.69, 9.17) is 0 Å². The lowest BCUT2D eigenvalue weighted by molar-refractivity contribution is 0.00942. The number of aliphatic hydroxyl groups is 1. The lowest BCUT2D eigenvalue weighted by Gasteiger charge is -2.38. The molecule has 2 aliphatic rings. The van der Waals surface area contributed by atoms with E-state index in [0.29, 0.717) is 11.8 Å². The van der Waals surface area contributed by atoms with Gasteiger partial charge in [0.2, 0.25) is 0 Å². The SMILES string of the molecule is CN(C)[C@@H]1C[C@@H]2CN(c3ccc(S(C)(=O)=O)cn3)C[C@@H]2C[C@H]1O. The Hall–Kier alpha value is -1.18. The molecule has 23 heavy (non-hydrogen) atoms. The van der Waals surface area contributed by atoms with E-state index in [9.17, 15) is 13.5 Å². The van der Waals surface area contributed by atoms with Crippen molar-refractivity contribution in [1.82, 2.24) is 9.88 Å². The molecule has 0 amide bonds. The van der Waals surface area contributed by atoms with E-state index in [1.165, 1.54) is 12.5 Å². The summed E-state index contributed by atoms with van der Waals surface area (Å²) in [4.78, 5) is 8.91. The summed E-state index contributed by atoms with van der Waals surface area (Å²) in [6.45, 7) is 1.81. The largest absolute Gasteiger partial charge is 0.391 e. The number of likely N-dealkylation sites (N-methyl/N-ethyl adjacent to an activating group) is 1. The number of hydrogen-bond donors (Lipinski definition) is 1. The van der Waals surface area contributed by atoms with Crippen LogP contribution in [0.25, 0.3) is 0 Å². The molecule has 7 heteroatoms. The van der Waals surface area contributed by atoms with Crippen molar-refractivity contribution in [3.05, 3.63) is 18.3 Å². The summed E-state index contributed by atoms with van der Waals surface area (Å²) in [5.41, 5.74) is 0. The van der Waals surface area contributed by atoms with Crippen LogP contribution in [0.1, 0.15) is 12.8 Å². The van der Waals surface area contributed by atoms with Gasteiger partial charge in [-0.15, -0.1) is 0 Å². The molecule has 1 saturated carbocycles. The minimum atomic E-state index is -3.21. The second kappa shape index (κ2) is 6.03. The maximum Gasteiger partial charge on any atom is 0.177 e. The molecule has 1 aliphatic carbocycles. The molecule has 3 rings (SSSR count). The molecular weight excluding hydrogens is 314 g/mol. The van der Waals surface area contributed by atoms with Gasteiger partial charge < -0.3 is 14.9 Å². The van der Waals surface area contributed by atoms with E-state index < -0.39 is 9.84 Å². The van der Waals surface area contributed by atoms with Crippen LogP contribution in [0.3, 0.4) is 0 Å². The Morgan fingerprint density at radius 2 is 1.87 bits per heavy atom. The van der Waals surface area contributed by atoms with Gasteiger partial charge in [-0.2, -0.15) is 0 Å². The Balaban J connectivity index is 1.73. The van der Waals surface area contributed by atoms with Crippen LogP contribution in [0.4, 0.5) is 5.82 Å². The van der Waals surface area contributed by atoms with Gasteiger partial charge in [-0.05, 0) is 50.9 Å². The van der Waals surface area contributed by atoms with Crippen LogP contribution < -0.4 is 4.90 Å². The van der Waals surface area contributed by atoms with Crippen molar-refractivity contribution >= 4 is 15.7 Å². The van der Waals surface area contributed by atoms with Gasteiger partial charge in [-0.1, -0.05) is 0 Å². The lowest BCUT2D eigenvalue weighted by atomic mass is 9.77. The van der Waals surface area contributed by atoms with E-state index in [2.05, 4.69) is 14.8 Å². The molecule has 0 radical (unpaired) electrons. The van der Waals surface area contributed by atoms with E-state index in [0.717, 1.165) is 31.7 Å². The average molecular weight is 339 g/mol. The molecule has 128 valence electrons. The van der Waals surface area contributed by atoms with Crippen molar-refractivity contribution in [2.24, 2.45) is 11.8 Å². The van der Waals surface area contributed by atoms with Gasteiger partial charge >= 0.3 is 0 Å². The molecule has 1 aromatic heterocycles. The molecule has 2 fully saturated rings. The average Bonchev–Trinajstić information content (AvgIpc) is 2.88. The highest BCUT2D eigenvalue weighted by Crippen LogP contribution is 2.39. The smallest absolute Gasteiger partial charge is 0.177 e. The predicted molar refractivity (Wildman–Crippen MR) is 89.3 cm³/mol. The highest BCUT2D eigenvalue weighted by atomic mass is 32.2. The second-order valence-electron chi connectivity index (χ2n) is 7.12. The first-order chi connectivity index (χ1) is 10.8. The zero-order valence-corrected chi connectivity index (χ0v) is 14.7. The molecule has 1 aliphatic heterocycles. The summed E-state index contributed by atoms with van der Waals surface area (Å²) in [6.07, 6.45) is 4.18. The summed E-state index contributed by atoms with van der Waals surface area (Å²) in [7, 11) is 0.833. The number of sulfone groups is 1. The van der Waals surface area contributed by atoms with Crippen LogP contribution in [-0.2, 0) is 9.84 Å². The molecule has 6 nitrogen and oxygen atoms in total. The number of aliphatic hydroxyl groups excluding tert-OH is 1. The maximum absolute atomic E-state index is 11.5. The maximum atomic E-state index is 11.5. The fraction of sp³-hybridized carbons (Fsp3) is 0.688. The first-order valence-corrected chi connectivity index (χ1v) is 9.90. The summed E-state index contributed by atoms with van der Waals surface area (Å²) in [5, 5.41) is 10.3. The number of fused-ring (bicyclic) bond motifs is 1. The third-order valence-electron chi connectivity index (χ3n) is 5.25. The molecule has 1 saturated heterocycles. The monoisotopic (exact) mass is 339 g/mol. The van der Waals surface area contributed by atoms with Gasteiger partial charge in [0.25, 0.3) is 0 Å². The Kier molecular flexibility index (Phi) is 4.37. The number of nitrogens with zero attached hydrogens (tertiary/aromatic N) is 3. The molecule has 1 N–H and O–H groups in total. The summed E-state index contributed by atoms with van der Waals surface area (Å²) in [5.74, 6) is 1.86. The van der Waals surface area contributed by atoms with Gasteiger partial charge in [0.15, 0.2) is 9.84 Å².